The highest BCUT2D eigenvalue weighted by Gasteiger charge is 2.46. The van der Waals surface area contributed by atoms with E-state index in [0.29, 0.717) is 13.1 Å². The molecule has 0 radical (unpaired) electrons. The standard InChI is InChI=1S/C21H32N2O2S/c24-26(25,17-20-10-2-1-3-11-20)23-15-7-13-21(18-23)12-6-14-22(21)16-19-8-4-5-9-19/h1-3,10-11,19H,4-9,12-18H2. The highest BCUT2D eigenvalue weighted by molar-refractivity contribution is 7.88. The summed E-state index contributed by atoms with van der Waals surface area (Å²) in [7, 11) is -3.24. The summed E-state index contributed by atoms with van der Waals surface area (Å²) in [4.78, 5) is 2.67. The van der Waals surface area contributed by atoms with E-state index in [1.807, 2.05) is 30.3 Å². The van der Waals surface area contributed by atoms with Gasteiger partial charge in [-0.2, -0.15) is 4.31 Å². The molecule has 144 valence electrons. The minimum absolute atomic E-state index is 0.102. The summed E-state index contributed by atoms with van der Waals surface area (Å²) >= 11 is 0. The van der Waals surface area contributed by atoms with Gasteiger partial charge in [0.05, 0.1) is 5.75 Å². The number of rotatable bonds is 5. The molecule has 2 heterocycles. The molecule has 1 aliphatic carbocycles. The van der Waals surface area contributed by atoms with E-state index in [-0.39, 0.29) is 11.3 Å². The van der Waals surface area contributed by atoms with Crippen molar-refractivity contribution in [3.05, 3.63) is 35.9 Å². The van der Waals surface area contributed by atoms with Crippen molar-refractivity contribution in [1.29, 1.82) is 0 Å². The number of nitrogens with zero attached hydrogens (tertiary/aromatic N) is 2. The molecule has 2 aliphatic heterocycles. The number of sulfonamides is 1. The molecule has 0 aromatic heterocycles. The van der Waals surface area contributed by atoms with Gasteiger partial charge in [0.15, 0.2) is 0 Å². The zero-order valence-electron chi connectivity index (χ0n) is 15.8. The van der Waals surface area contributed by atoms with E-state index < -0.39 is 10.0 Å². The van der Waals surface area contributed by atoms with Crippen LogP contribution in [0.25, 0.3) is 0 Å². The highest BCUT2D eigenvalue weighted by Crippen LogP contribution is 2.40. The number of benzene rings is 1. The Kier molecular flexibility index (Phi) is 5.40. The molecule has 1 aromatic rings. The molecule has 1 unspecified atom stereocenters. The fourth-order valence-corrected chi connectivity index (χ4v) is 7.07. The third kappa shape index (κ3) is 3.85. The first kappa shape index (κ1) is 18.5. The Labute approximate surface area is 158 Å². The van der Waals surface area contributed by atoms with Crippen LogP contribution in [0.15, 0.2) is 30.3 Å². The molecule has 1 spiro atoms. The van der Waals surface area contributed by atoms with Crippen molar-refractivity contribution in [2.45, 2.75) is 62.7 Å². The van der Waals surface area contributed by atoms with Gasteiger partial charge in [-0.05, 0) is 56.6 Å². The molecular weight excluding hydrogens is 344 g/mol. The van der Waals surface area contributed by atoms with Gasteiger partial charge in [-0.3, -0.25) is 4.90 Å². The monoisotopic (exact) mass is 376 g/mol. The van der Waals surface area contributed by atoms with Crippen molar-refractivity contribution in [1.82, 2.24) is 9.21 Å². The molecule has 3 fully saturated rings. The fraction of sp³-hybridized carbons (Fsp3) is 0.714. The third-order valence-corrected chi connectivity index (χ3v) is 8.60. The predicted molar refractivity (Wildman–Crippen MR) is 105 cm³/mol. The summed E-state index contributed by atoms with van der Waals surface area (Å²) in [5.74, 6) is 0.966. The second-order valence-corrected chi connectivity index (χ2v) is 10.6. The molecule has 1 saturated carbocycles. The second-order valence-electron chi connectivity index (χ2n) is 8.60. The van der Waals surface area contributed by atoms with Crippen LogP contribution in [-0.2, 0) is 15.8 Å². The molecule has 0 bridgehead atoms. The van der Waals surface area contributed by atoms with Gasteiger partial charge in [0.1, 0.15) is 0 Å². The van der Waals surface area contributed by atoms with Crippen molar-refractivity contribution in [3.63, 3.8) is 0 Å². The molecule has 0 N–H and O–H groups in total. The van der Waals surface area contributed by atoms with Gasteiger partial charge in [0.2, 0.25) is 10.0 Å². The van der Waals surface area contributed by atoms with Gasteiger partial charge in [-0.1, -0.05) is 43.2 Å². The lowest BCUT2D eigenvalue weighted by Gasteiger charge is -2.46. The van der Waals surface area contributed by atoms with E-state index in [1.165, 1.54) is 38.6 Å². The van der Waals surface area contributed by atoms with Crippen LogP contribution in [0.2, 0.25) is 0 Å². The van der Waals surface area contributed by atoms with Crippen molar-refractivity contribution >= 4 is 10.0 Å². The molecule has 4 rings (SSSR count). The summed E-state index contributed by atoms with van der Waals surface area (Å²) in [6.45, 7) is 3.73. The quantitative estimate of drug-likeness (QED) is 0.788. The molecule has 3 aliphatic rings. The largest absolute Gasteiger partial charge is 0.296 e. The Morgan fingerprint density at radius 2 is 1.65 bits per heavy atom. The van der Waals surface area contributed by atoms with E-state index in [1.54, 1.807) is 4.31 Å². The van der Waals surface area contributed by atoms with Gasteiger partial charge in [0, 0.05) is 25.2 Å². The van der Waals surface area contributed by atoms with Gasteiger partial charge < -0.3 is 0 Å². The first-order chi connectivity index (χ1) is 12.6. The maximum atomic E-state index is 13.1. The number of piperidine rings is 1. The van der Waals surface area contributed by atoms with Crippen molar-refractivity contribution in [2.75, 3.05) is 26.2 Å². The van der Waals surface area contributed by atoms with Crippen LogP contribution in [0, 0.1) is 5.92 Å². The molecule has 0 amide bonds. The van der Waals surface area contributed by atoms with Gasteiger partial charge in [-0.15, -0.1) is 0 Å². The summed E-state index contributed by atoms with van der Waals surface area (Å²) in [6.07, 6.45) is 10.0. The van der Waals surface area contributed by atoms with Gasteiger partial charge in [-0.25, -0.2) is 8.42 Å². The van der Waals surface area contributed by atoms with Crippen LogP contribution in [0.5, 0.6) is 0 Å². The zero-order chi connectivity index (χ0) is 18.0. The lowest BCUT2D eigenvalue weighted by atomic mass is 9.87. The first-order valence-corrected chi connectivity index (χ1v) is 12.0. The van der Waals surface area contributed by atoms with Crippen LogP contribution in [0.1, 0.15) is 56.9 Å². The maximum absolute atomic E-state index is 13.1. The summed E-state index contributed by atoms with van der Waals surface area (Å²) in [5, 5.41) is 0. The number of hydrogen-bond acceptors (Lipinski definition) is 3. The zero-order valence-corrected chi connectivity index (χ0v) is 16.6. The topological polar surface area (TPSA) is 40.6 Å². The van der Waals surface area contributed by atoms with E-state index in [9.17, 15) is 8.42 Å². The smallest absolute Gasteiger partial charge is 0.218 e. The number of hydrogen-bond donors (Lipinski definition) is 0. The highest BCUT2D eigenvalue weighted by atomic mass is 32.2. The van der Waals surface area contributed by atoms with Crippen molar-refractivity contribution in [3.8, 4) is 0 Å². The lowest BCUT2D eigenvalue weighted by Crippen LogP contribution is -2.57. The minimum Gasteiger partial charge on any atom is -0.296 e. The SMILES string of the molecule is O=S(=O)(Cc1ccccc1)N1CCCC2(CCCN2CC2CCCC2)C1. The number of likely N-dealkylation sites (tertiary alicyclic amines) is 1. The Hall–Kier alpha value is -0.910. The third-order valence-electron chi connectivity index (χ3n) is 6.80. The van der Waals surface area contributed by atoms with Crippen LogP contribution in [0.4, 0.5) is 0 Å². The summed E-state index contributed by atoms with van der Waals surface area (Å²) < 4.78 is 27.9. The van der Waals surface area contributed by atoms with Gasteiger partial charge in [0.25, 0.3) is 0 Å². The van der Waals surface area contributed by atoms with Crippen LogP contribution < -0.4 is 0 Å². The minimum atomic E-state index is -3.24. The lowest BCUT2D eigenvalue weighted by molar-refractivity contribution is 0.0614. The van der Waals surface area contributed by atoms with E-state index in [4.69, 9.17) is 0 Å². The van der Waals surface area contributed by atoms with Gasteiger partial charge >= 0.3 is 0 Å². The molecule has 1 aromatic carbocycles. The van der Waals surface area contributed by atoms with Crippen LogP contribution in [-0.4, -0.2) is 49.3 Å². The summed E-state index contributed by atoms with van der Waals surface area (Å²) in [5.41, 5.74) is 0.992. The van der Waals surface area contributed by atoms with E-state index in [0.717, 1.165) is 37.3 Å². The average Bonchev–Trinajstić information content (AvgIpc) is 3.27. The second kappa shape index (κ2) is 7.61. The van der Waals surface area contributed by atoms with Crippen LogP contribution >= 0.6 is 0 Å². The first-order valence-electron chi connectivity index (χ1n) is 10.3. The Bertz CT molecular complexity index is 700. The molecule has 4 nitrogen and oxygen atoms in total. The predicted octanol–water partition coefficient (Wildman–Crippen LogP) is 3.64. The van der Waals surface area contributed by atoms with Crippen molar-refractivity contribution < 1.29 is 8.42 Å². The summed E-state index contributed by atoms with van der Waals surface area (Å²) in [6, 6.07) is 9.61. The van der Waals surface area contributed by atoms with E-state index >= 15 is 0 Å². The molecular formula is C21H32N2O2S. The van der Waals surface area contributed by atoms with Crippen molar-refractivity contribution in [2.24, 2.45) is 5.92 Å². The molecule has 5 heteroatoms. The Morgan fingerprint density at radius 3 is 2.38 bits per heavy atom. The molecule has 1 atom stereocenters. The normalized spacial score (nSPS) is 28.9. The fourth-order valence-electron chi connectivity index (χ4n) is 5.43. The molecule has 2 saturated heterocycles. The van der Waals surface area contributed by atoms with E-state index in [2.05, 4.69) is 4.90 Å². The molecule has 26 heavy (non-hydrogen) atoms. The Balaban J connectivity index is 1.47. The Morgan fingerprint density at radius 1 is 0.962 bits per heavy atom. The average molecular weight is 377 g/mol. The maximum Gasteiger partial charge on any atom is 0.218 e. The van der Waals surface area contributed by atoms with Crippen LogP contribution in [0.3, 0.4) is 0 Å².